The molecule has 0 radical (unpaired) electrons. The van der Waals surface area contributed by atoms with Gasteiger partial charge in [0.05, 0.1) is 40.1 Å². The molecule has 1 atom stereocenters. The van der Waals surface area contributed by atoms with E-state index in [0.717, 1.165) is 22.4 Å². The van der Waals surface area contributed by atoms with Crippen molar-refractivity contribution in [3.8, 4) is 28.5 Å². The van der Waals surface area contributed by atoms with Crippen molar-refractivity contribution in [2.75, 3.05) is 21.3 Å². The number of carbonyl (C=O) groups excluding carboxylic acids is 2. The fourth-order valence-electron chi connectivity index (χ4n) is 4.94. The summed E-state index contributed by atoms with van der Waals surface area (Å²) in [5, 5.41) is 7.76. The van der Waals surface area contributed by atoms with Crippen LogP contribution in [-0.4, -0.2) is 53.4 Å². The van der Waals surface area contributed by atoms with E-state index in [1.807, 2.05) is 60.7 Å². The van der Waals surface area contributed by atoms with Crippen molar-refractivity contribution < 1.29 is 23.8 Å². The highest BCUT2D eigenvalue weighted by Gasteiger charge is 2.48. The van der Waals surface area contributed by atoms with Crippen LogP contribution in [0, 0.1) is 0 Å². The summed E-state index contributed by atoms with van der Waals surface area (Å²) in [6, 6.07) is 24.3. The van der Waals surface area contributed by atoms with Crippen LogP contribution in [0.15, 0.2) is 78.9 Å². The molecule has 206 valence electrons. The molecule has 0 saturated carbocycles. The predicted octanol–water partition coefficient (Wildman–Crippen LogP) is 4.31. The van der Waals surface area contributed by atoms with E-state index in [1.165, 1.54) is 0 Å². The molecular weight excluding hydrogens is 508 g/mol. The minimum absolute atomic E-state index is 0.136. The van der Waals surface area contributed by atoms with E-state index in [9.17, 15) is 9.59 Å². The monoisotopic (exact) mass is 540 g/mol. The molecule has 3 aromatic carbocycles. The summed E-state index contributed by atoms with van der Waals surface area (Å²) in [4.78, 5) is 29.6. The second kappa shape index (κ2) is 11.1. The van der Waals surface area contributed by atoms with Gasteiger partial charge < -0.3 is 24.4 Å². The molecule has 9 heteroatoms. The van der Waals surface area contributed by atoms with Crippen molar-refractivity contribution >= 4 is 11.8 Å². The van der Waals surface area contributed by atoms with Crippen LogP contribution in [0.5, 0.6) is 17.2 Å². The lowest BCUT2D eigenvalue weighted by atomic mass is 9.93. The smallest absolute Gasteiger partial charge is 0.273 e. The Balaban J connectivity index is 1.53. The van der Waals surface area contributed by atoms with E-state index in [2.05, 4.69) is 5.32 Å². The predicted molar refractivity (Wildman–Crippen MR) is 150 cm³/mol. The zero-order chi connectivity index (χ0) is 28.3. The average molecular weight is 541 g/mol. The Hall–Kier alpha value is -4.79. The number of hydrogen-bond acceptors (Lipinski definition) is 6. The lowest BCUT2D eigenvalue weighted by molar-refractivity contribution is -0.133. The first-order chi connectivity index (χ1) is 19.4. The van der Waals surface area contributed by atoms with Gasteiger partial charge in [-0.05, 0) is 61.0 Å². The molecule has 1 aliphatic rings. The van der Waals surface area contributed by atoms with Gasteiger partial charge in [0, 0.05) is 17.7 Å². The largest absolute Gasteiger partial charge is 0.497 e. The van der Waals surface area contributed by atoms with Crippen LogP contribution in [-0.2, 0) is 24.4 Å². The van der Waals surface area contributed by atoms with Gasteiger partial charge in [0.25, 0.3) is 5.91 Å². The maximum Gasteiger partial charge on any atom is 0.273 e. The number of nitrogens with one attached hydrogen (secondary N) is 1. The highest BCUT2D eigenvalue weighted by Crippen LogP contribution is 2.34. The van der Waals surface area contributed by atoms with E-state index in [4.69, 9.17) is 19.3 Å². The van der Waals surface area contributed by atoms with Gasteiger partial charge in [-0.3, -0.25) is 14.3 Å². The third kappa shape index (κ3) is 5.10. The Morgan fingerprint density at radius 1 is 0.925 bits per heavy atom. The first-order valence-electron chi connectivity index (χ1n) is 12.9. The first-order valence-corrected chi connectivity index (χ1v) is 12.9. The number of nitrogens with zero attached hydrogens (tertiary/aromatic N) is 3. The molecule has 0 saturated heterocycles. The van der Waals surface area contributed by atoms with Crippen LogP contribution in [0.1, 0.15) is 28.5 Å². The second-order valence-corrected chi connectivity index (χ2v) is 9.81. The standard InChI is InChI=1S/C31H32N4O5/c1-31(30(37)32-18-21-8-6-5-7-9-21)20-35-27(17-26(33-35)22-10-12-24(38-2)13-11-22)29(36)34(31)19-23-16-25(39-3)14-15-28(23)40-4/h5-17H,18-20H2,1-4H3,(H,32,37)/t31-/m0/s1. The van der Waals surface area contributed by atoms with Gasteiger partial charge in [0.15, 0.2) is 0 Å². The van der Waals surface area contributed by atoms with Gasteiger partial charge in [-0.2, -0.15) is 5.10 Å². The Bertz CT molecular complexity index is 1520. The number of amides is 2. The highest BCUT2D eigenvalue weighted by molar-refractivity contribution is 6.00. The van der Waals surface area contributed by atoms with E-state index >= 15 is 0 Å². The van der Waals surface area contributed by atoms with Crippen LogP contribution in [0.3, 0.4) is 0 Å². The Morgan fingerprint density at radius 3 is 2.30 bits per heavy atom. The summed E-state index contributed by atoms with van der Waals surface area (Å²) >= 11 is 0. The lowest BCUT2D eigenvalue weighted by Crippen LogP contribution is -2.63. The van der Waals surface area contributed by atoms with Gasteiger partial charge in [-0.25, -0.2) is 0 Å². The second-order valence-electron chi connectivity index (χ2n) is 9.81. The van der Waals surface area contributed by atoms with Gasteiger partial charge >= 0.3 is 0 Å². The molecule has 4 aromatic rings. The zero-order valence-electron chi connectivity index (χ0n) is 23.0. The van der Waals surface area contributed by atoms with Crippen molar-refractivity contribution in [2.24, 2.45) is 0 Å². The maximum atomic E-state index is 14.1. The van der Waals surface area contributed by atoms with Crippen molar-refractivity contribution in [2.45, 2.75) is 32.1 Å². The summed E-state index contributed by atoms with van der Waals surface area (Å²) in [5.74, 6) is 1.37. The Morgan fingerprint density at radius 2 is 1.62 bits per heavy atom. The summed E-state index contributed by atoms with van der Waals surface area (Å²) in [6.45, 7) is 2.42. The van der Waals surface area contributed by atoms with Crippen molar-refractivity contribution in [3.63, 3.8) is 0 Å². The summed E-state index contributed by atoms with van der Waals surface area (Å²) < 4.78 is 17.9. The number of benzene rings is 3. The number of hydrogen-bond donors (Lipinski definition) is 1. The SMILES string of the molecule is COc1ccc(-c2cc3n(n2)C[C@@](C)(C(=O)NCc2ccccc2)N(Cc2cc(OC)ccc2OC)C3=O)cc1. The molecule has 1 aliphatic heterocycles. The van der Waals surface area contributed by atoms with Crippen LogP contribution >= 0.6 is 0 Å². The molecule has 1 N–H and O–H groups in total. The minimum atomic E-state index is -1.24. The van der Waals surface area contributed by atoms with Gasteiger partial charge in [0.2, 0.25) is 5.91 Å². The fraction of sp³-hybridized carbons (Fsp3) is 0.258. The van der Waals surface area contributed by atoms with Gasteiger partial charge in [0.1, 0.15) is 28.5 Å². The Kier molecular flexibility index (Phi) is 7.46. The third-order valence-electron chi connectivity index (χ3n) is 7.28. The van der Waals surface area contributed by atoms with E-state index in [0.29, 0.717) is 29.4 Å². The maximum absolute atomic E-state index is 14.1. The molecule has 5 rings (SSSR count). The Labute approximate surface area is 233 Å². The number of ether oxygens (including phenoxy) is 3. The molecule has 0 unspecified atom stereocenters. The van der Waals surface area contributed by atoms with Crippen molar-refractivity contribution in [1.82, 2.24) is 20.0 Å². The molecule has 1 aromatic heterocycles. The first kappa shape index (κ1) is 26.8. The molecular formula is C31H32N4O5. The van der Waals surface area contributed by atoms with Gasteiger partial charge in [-0.1, -0.05) is 30.3 Å². The average Bonchev–Trinajstić information content (AvgIpc) is 3.42. The number of carbonyl (C=O) groups is 2. The molecule has 2 heterocycles. The number of fused-ring (bicyclic) bond motifs is 1. The molecule has 2 amide bonds. The number of methoxy groups -OCH3 is 3. The topological polar surface area (TPSA) is 94.9 Å². The highest BCUT2D eigenvalue weighted by atomic mass is 16.5. The summed E-state index contributed by atoms with van der Waals surface area (Å²) in [5.41, 5.74) is 2.33. The molecule has 9 nitrogen and oxygen atoms in total. The van der Waals surface area contributed by atoms with Crippen LogP contribution in [0.4, 0.5) is 0 Å². The fourth-order valence-corrected chi connectivity index (χ4v) is 4.94. The van der Waals surface area contributed by atoms with Crippen molar-refractivity contribution in [1.29, 1.82) is 0 Å². The minimum Gasteiger partial charge on any atom is -0.497 e. The van der Waals surface area contributed by atoms with Crippen LogP contribution in [0.2, 0.25) is 0 Å². The van der Waals surface area contributed by atoms with Crippen LogP contribution < -0.4 is 19.5 Å². The van der Waals surface area contributed by atoms with E-state index < -0.39 is 5.54 Å². The van der Waals surface area contributed by atoms with Crippen LogP contribution in [0.25, 0.3) is 11.3 Å². The molecule has 40 heavy (non-hydrogen) atoms. The summed E-state index contributed by atoms with van der Waals surface area (Å²) in [7, 11) is 4.77. The molecule has 0 spiro atoms. The zero-order valence-corrected chi connectivity index (χ0v) is 23.0. The van der Waals surface area contributed by atoms with Gasteiger partial charge in [-0.15, -0.1) is 0 Å². The number of aromatic nitrogens is 2. The summed E-state index contributed by atoms with van der Waals surface area (Å²) in [6.07, 6.45) is 0. The quantitative estimate of drug-likeness (QED) is 0.340. The normalized spacial score (nSPS) is 16.3. The van der Waals surface area contributed by atoms with Crippen molar-refractivity contribution in [3.05, 3.63) is 95.7 Å². The van der Waals surface area contributed by atoms with E-state index in [1.54, 1.807) is 56.0 Å². The number of rotatable bonds is 9. The lowest BCUT2D eigenvalue weighted by Gasteiger charge is -2.43. The molecule has 0 bridgehead atoms. The molecule has 0 fully saturated rings. The van der Waals surface area contributed by atoms with E-state index in [-0.39, 0.29) is 24.9 Å². The third-order valence-corrected chi connectivity index (χ3v) is 7.28. The molecule has 0 aliphatic carbocycles.